The maximum absolute atomic E-state index is 11.5. The maximum atomic E-state index is 11.5. The van der Waals surface area contributed by atoms with Gasteiger partial charge < -0.3 is 10.4 Å². The first-order valence-electron chi connectivity index (χ1n) is 5.85. The van der Waals surface area contributed by atoms with Gasteiger partial charge >= 0.3 is 0 Å². The Kier molecular flexibility index (Phi) is 6.60. The first-order valence-corrected chi connectivity index (χ1v) is 7.52. The van der Waals surface area contributed by atoms with Crippen LogP contribution >= 0.6 is 27.3 Å². The SMILES string of the molecule is CC(O)CC(C)CNC(=O)C=Cc1csc(Br)c1. The van der Waals surface area contributed by atoms with Crippen molar-refractivity contribution in [3.63, 3.8) is 0 Å². The largest absolute Gasteiger partial charge is 0.393 e. The van der Waals surface area contributed by atoms with Gasteiger partial charge in [0.15, 0.2) is 0 Å². The van der Waals surface area contributed by atoms with Crippen molar-refractivity contribution in [2.45, 2.75) is 26.4 Å². The Balaban J connectivity index is 2.31. The summed E-state index contributed by atoms with van der Waals surface area (Å²) in [7, 11) is 0. The number of amides is 1. The molecule has 0 aromatic carbocycles. The molecular weight excluding hydrogens is 314 g/mol. The molecule has 0 bridgehead atoms. The van der Waals surface area contributed by atoms with E-state index in [-0.39, 0.29) is 17.9 Å². The summed E-state index contributed by atoms with van der Waals surface area (Å²) >= 11 is 4.96. The van der Waals surface area contributed by atoms with Gasteiger partial charge in [0, 0.05) is 12.6 Å². The topological polar surface area (TPSA) is 49.3 Å². The van der Waals surface area contributed by atoms with E-state index in [4.69, 9.17) is 0 Å². The molecule has 1 aromatic heterocycles. The molecule has 1 rings (SSSR count). The molecule has 18 heavy (non-hydrogen) atoms. The molecule has 100 valence electrons. The van der Waals surface area contributed by atoms with E-state index in [2.05, 4.69) is 21.2 Å². The zero-order chi connectivity index (χ0) is 13.5. The molecular formula is C13H18BrNO2S. The third-order valence-electron chi connectivity index (χ3n) is 2.38. The highest BCUT2D eigenvalue weighted by Crippen LogP contribution is 2.21. The van der Waals surface area contributed by atoms with Crippen LogP contribution in [-0.4, -0.2) is 23.7 Å². The molecule has 1 aromatic rings. The zero-order valence-corrected chi connectivity index (χ0v) is 12.9. The summed E-state index contributed by atoms with van der Waals surface area (Å²) in [5.41, 5.74) is 1.01. The molecule has 0 aliphatic rings. The van der Waals surface area contributed by atoms with Crippen molar-refractivity contribution in [2.75, 3.05) is 6.54 Å². The molecule has 0 saturated carbocycles. The minimum Gasteiger partial charge on any atom is -0.393 e. The fourth-order valence-corrected chi connectivity index (χ4v) is 2.73. The van der Waals surface area contributed by atoms with E-state index in [1.807, 2.05) is 18.4 Å². The van der Waals surface area contributed by atoms with E-state index < -0.39 is 0 Å². The second-order valence-corrected chi connectivity index (χ2v) is 6.74. The molecule has 1 amide bonds. The molecule has 0 aliphatic heterocycles. The van der Waals surface area contributed by atoms with Crippen LogP contribution < -0.4 is 5.32 Å². The predicted molar refractivity (Wildman–Crippen MR) is 79.5 cm³/mol. The molecule has 0 radical (unpaired) electrons. The van der Waals surface area contributed by atoms with Crippen molar-refractivity contribution < 1.29 is 9.90 Å². The van der Waals surface area contributed by atoms with E-state index in [1.54, 1.807) is 24.3 Å². The van der Waals surface area contributed by atoms with Crippen molar-refractivity contribution in [2.24, 2.45) is 5.92 Å². The Hall–Kier alpha value is -0.650. The number of aliphatic hydroxyl groups excluding tert-OH is 1. The highest BCUT2D eigenvalue weighted by atomic mass is 79.9. The number of aliphatic hydroxyl groups is 1. The lowest BCUT2D eigenvalue weighted by atomic mass is 10.0. The van der Waals surface area contributed by atoms with Crippen LogP contribution in [0.5, 0.6) is 0 Å². The lowest BCUT2D eigenvalue weighted by Gasteiger charge is -2.13. The van der Waals surface area contributed by atoms with Gasteiger partial charge in [-0.1, -0.05) is 6.92 Å². The molecule has 3 nitrogen and oxygen atoms in total. The van der Waals surface area contributed by atoms with E-state index in [9.17, 15) is 9.90 Å². The number of carbonyl (C=O) groups is 1. The van der Waals surface area contributed by atoms with Gasteiger partial charge in [-0.15, -0.1) is 11.3 Å². The van der Waals surface area contributed by atoms with Crippen molar-refractivity contribution in [3.05, 3.63) is 26.9 Å². The number of nitrogens with one attached hydrogen (secondary N) is 1. The first-order chi connectivity index (χ1) is 8.47. The van der Waals surface area contributed by atoms with Gasteiger partial charge in [0.2, 0.25) is 5.91 Å². The average Bonchev–Trinajstić information content (AvgIpc) is 2.69. The highest BCUT2D eigenvalue weighted by Gasteiger charge is 2.06. The van der Waals surface area contributed by atoms with Gasteiger partial charge in [-0.2, -0.15) is 0 Å². The summed E-state index contributed by atoms with van der Waals surface area (Å²) in [6.07, 6.45) is 3.69. The van der Waals surface area contributed by atoms with Crippen LogP contribution in [0.25, 0.3) is 6.08 Å². The number of rotatable bonds is 6. The quantitative estimate of drug-likeness (QED) is 0.787. The Labute approximate surface area is 120 Å². The Morgan fingerprint density at radius 1 is 1.61 bits per heavy atom. The van der Waals surface area contributed by atoms with Crippen molar-refractivity contribution in [1.82, 2.24) is 5.32 Å². The average molecular weight is 332 g/mol. The lowest BCUT2D eigenvalue weighted by Crippen LogP contribution is -2.27. The van der Waals surface area contributed by atoms with Crippen molar-refractivity contribution >= 4 is 39.2 Å². The Morgan fingerprint density at radius 3 is 2.89 bits per heavy atom. The third-order valence-corrected chi connectivity index (χ3v) is 3.91. The van der Waals surface area contributed by atoms with E-state index in [0.29, 0.717) is 13.0 Å². The molecule has 0 fully saturated rings. The number of thiophene rings is 1. The summed E-state index contributed by atoms with van der Waals surface area (Å²) in [5.74, 6) is 0.174. The number of carbonyl (C=O) groups excluding carboxylic acids is 1. The van der Waals surface area contributed by atoms with Gasteiger partial charge in [0.1, 0.15) is 0 Å². The van der Waals surface area contributed by atoms with E-state index >= 15 is 0 Å². The van der Waals surface area contributed by atoms with Crippen LogP contribution in [-0.2, 0) is 4.79 Å². The summed E-state index contributed by atoms with van der Waals surface area (Å²) in [6.45, 7) is 4.35. The van der Waals surface area contributed by atoms with Gasteiger partial charge in [0.25, 0.3) is 0 Å². The van der Waals surface area contributed by atoms with Gasteiger partial charge in [-0.05, 0) is 58.3 Å². The molecule has 1 heterocycles. The second-order valence-electron chi connectivity index (χ2n) is 4.45. The Morgan fingerprint density at radius 2 is 2.33 bits per heavy atom. The molecule has 2 unspecified atom stereocenters. The molecule has 2 N–H and O–H groups in total. The fourth-order valence-electron chi connectivity index (χ4n) is 1.58. The second kappa shape index (κ2) is 7.71. The van der Waals surface area contributed by atoms with Crippen LogP contribution in [0.15, 0.2) is 21.3 Å². The van der Waals surface area contributed by atoms with Crippen LogP contribution in [0.4, 0.5) is 0 Å². The lowest BCUT2D eigenvalue weighted by molar-refractivity contribution is -0.116. The zero-order valence-electron chi connectivity index (χ0n) is 10.5. The summed E-state index contributed by atoms with van der Waals surface area (Å²) in [6, 6.07) is 1.96. The van der Waals surface area contributed by atoms with Crippen molar-refractivity contribution in [1.29, 1.82) is 0 Å². The van der Waals surface area contributed by atoms with Crippen LogP contribution in [0, 0.1) is 5.92 Å². The number of halogens is 1. The number of hydrogen-bond acceptors (Lipinski definition) is 3. The molecule has 0 aliphatic carbocycles. The maximum Gasteiger partial charge on any atom is 0.244 e. The summed E-state index contributed by atoms with van der Waals surface area (Å²) in [5, 5.41) is 14.0. The predicted octanol–water partition coefficient (Wildman–Crippen LogP) is 3.05. The van der Waals surface area contributed by atoms with Crippen LogP contribution in [0.2, 0.25) is 0 Å². The van der Waals surface area contributed by atoms with Gasteiger partial charge in [0.05, 0.1) is 9.89 Å². The van der Waals surface area contributed by atoms with Gasteiger partial charge in [-0.3, -0.25) is 4.79 Å². The summed E-state index contributed by atoms with van der Waals surface area (Å²) < 4.78 is 1.05. The smallest absolute Gasteiger partial charge is 0.244 e. The molecule has 0 spiro atoms. The van der Waals surface area contributed by atoms with Crippen LogP contribution in [0.3, 0.4) is 0 Å². The van der Waals surface area contributed by atoms with Gasteiger partial charge in [-0.25, -0.2) is 0 Å². The van der Waals surface area contributed by atoms with Crippen LogP contribution in [0.1, 0.15) is 25.8 Å². The van der Waals surface area contributed by atoms with E-state index in [0.717, 1.165) is 9.35 Å². The number of hydrogen-bond donors (Lipinski definition) is 2. The standard InChI is InChI=1S/C13H18BrNO2S/c1-9(5-10(2)16)7-15-13(17)4-3-11-6-12(14)18-8-11/h3-4,6,8-10,16H,5,7H2,1-2H3,(H,15,17). The third kappa shape index (κ3) is 6.33. The minimum absolute atomic E-state index is 0.102. The molecule has 0 saturated heterocycles. The molecule has 2 atom stereocenters. The highest BCUT2D eigenvalue weighted by molar-refractivity contribution is 9.11. The first kappa shape index (κ1) is 15.4. The Bertz CT molecular complexity index is 415. The normalized spacial score (nSPS) is 14.7. The van der Waals surface area contributed by atoms with Crippen molar-refractivity contribution in [3.8, 4) is 0 Å². The van der Waals surface area contributed by atoms with E-state index in [1.165, 1.54) is 6.08 Å². The minimum atomic E-state index is -0.324. The fraction of sp³-hybridized carbons (Fsp3) is 0.462. The summed E-state index contributed by atoms with van der Waals surface area (Å²) in [4.78, 5) is 11.5. The monoisotopic (exact) mass is 331 g/mol. The molecule has 5 heteroatoms.